The molecule has 0 heterocycles. The minimum absolute atomic E-state index is 0.210. The molecule has 0 aliphatic heterocycles. The summed E-state index contributed by atoms with van der Waals surface area (Å²) < 4.78 is 37.6. The van der Waals surface area contributed by atoms with Crippen LogP contribution in [0.25, 0.3) is 6.08 Å². The summed E-state index contributed by atoms with van der Waals surface area (Å²) in [6, 6.07) is 4.30. The van der Waals surface area contributed by atoms with E-state index in [0.29, 0.717) is 16.7 Å². The fourth-order valence-electron chi connectivity index (χ4n) is 1.13. The second-order valence-corrected chi connectivity index (χ2v) is 4.45. The van der Waals surface area contributed by atoms with Gasteiger partial charge in [0, 0.05) is 6.54 Å². The Labute approximate surface area is 112 Å². The Kier molecular flexibility index (Phi) is 4.66. The molecule has 0 aliphatic rings. The zero-order valence-electron chi connectivity index (χ0n) is 9.01. The summed E-state index contributed by atoms with van der Waals surface area (Å²) in [5.74, 6) is 0. The molecule has 0 fully saturated rings. The van der Waals surface area contributed by atoms with Gasteiger partial charge in [-0.1, -0.05) is 35.3 Å². The normalized spacial score (nSPS) is 15.9. The minimum Gasteiger partial charge on any atom is -0.376 e. The molecule has 0 bridgehead atoms. The summed E-state index contributed by atoms with van der Waals surface area (Å²) in [4.78, 5) is 0. The molecule has 0 saturated carbocycles. The van der Waals surface area contributed by atoms with E-state index < -0.39 is 18.3 Å². The van der Waals surface area contributed by atoms with Gasteiger partial charge in [-0.25, -0.2) is 0 Å². The average molecular weight is 300 g/mol. The van der Waals surface area contributed by atoms with Crippen LogP contribution >= 0.6 is 23.2 Å². The van der Waals surface area contributed by atoms with Crippen molar-refractivity contribution in [3.8, 4) is 0 Å². The van der Waals surface area contributed by atoms with Crippen molar-refractivity contribution in [2.24, 2.45) is 5.73 Å². The molecule has 0 amide bonds. The standard InChI is InChI=1S/C11H10Cl2F3NO/c12-8-2-1-7(5-9(8)13)3-4-10(18,6-17)11(14,15)16/h1-5,18H,6,17H2. The molecule has 3 N–H and O–H groups in total. The molecule has 1 aromatic carbocycles. The molecule has 2 nitrogen and oxygen atoms in total. The zero-order chi connectivity index (χ0) is 14.0. The quantitative estimate of drug-likeness (QED) is 0.900. The number of aliphatic hydroxyl groups is 1. The number of nitrogens with two attached hydrogens (primary N) is 1. The Hall–Kier alpha value is -0.750. The van der Waals surface area contributed by atoms with Crippen LogP contribution in [0.3, 0.4) is 0 Å². The number of hydrogen-bond acceptors (Lipinski definition) is 2. The van der Waals surface area contributed by atoms with Crippen molar-refractivity contribution in [2.45, 2.75) is 11.8 Å². The third-order valence-electron chi connectivity index (χ3n) is 2.30. The zero-order valence-corrected chi connectivity index (χ0v) is 10.5. The highest BCUT2D eigenvalue weighted by Crippen LogP contribution is 2.31. The summed E-state index contributed by atoms with van der Waals surface area (Å²) in [6.45, 7) is -0.964. The third kappa shape index (κ3) is 3.38. The van der Waals surface area contributed by atoms with Gasteiger partial charge in [-0.3, -0.25) is 0 Å². The maximum Gasteiger partial charge on any atom is 0.422 e. The van der Waals surface area contributed by atoms with E-state index in [4.69, 9.17) is 28.9 Å². The van der Waals surface area contributed by atoms with E-state index in [2.05, 4.69) is 0 Å². The molecular weight excluding hydrogens is 290 g/mol. The van der Waals surface area contributed by atoms with Crippen LogP contribution in [0.1, 0.15) is 5.56 Å². The van der Waals surface area contributed by atoms with E-state index >= 15 is 0 Å². The predicted octanol–water partition coefficient (Wildman–Crippen LogP) is 3.26. The van der Waals surface area contributed by atoms with Crippen molar-refractivity contribution in [3.63, 3.8) is 0 Å². The molecule has 0 aromatic heterocycles. The fraction of sp³-hybridized carbons (Fsp3) is 0.273. The van der Waals surface area contributed by atoms with Crippen molar-refractivity contribution < 1.29 is 18.3 Å². The van der Waals surface area contributed by atoms with E-state index in [1.165, 1.54) is 18.2 Å². The monoisotopic (exact) mass is 299 g/mol. The van der Waals surface area contributed by atoms with E-state index in [0.717, 1.165) is 6.08 Å². The Morgan fingerprint density at radius 2 is 1.83 bits per heavy atom. The summed E-state index contributed by atoms with van der Waals surface area (Å²) >= 11 is 11.4. The molecule has 1 atom stereocenters. The van der Waals surface area contributed by atoms with Crippen molar-refractivity contribution in [1.29, 1.82) is 0 Å². The third-order valence-corrected chi connectivity index (χ3v) is 3.04. The van der Waals surface area contributed by atoms with Gasteiger partial charge in [0.2, 0.25) is 0 Å². The Balaban J connectivity index is 3.01. The summed E-state index contributed by atoms with van der Waals surface area (Å²) in [5, 5.41) is 9.85. The van der Waals surface area contributed by atoms with Crippen LogP contribution in [0.4, 0.5) is 13.2 Å². The fourth-order valence-corrected chi connectivity index (χ4v) is 1.43. The molecule has 1 aromatic rings. The Morgan fingerprint density at radius 3 is 2.28 bits per heavy atom. The molecule has 0 aliphatic carbocycles. The summed E-state index contributed by atoms with van der Waals surface area (Å²) in [7, 11) is 0. The molecular formula is C11H10Cl2F3NO. The average Bonchev–Trinajstić information content (AvgIpc) is 2.28. The molecule has 0 spiro atoms. The van der Waals surface area contributed by atoms with Gasteiger partial charge in [0.1, 0.15) is 0 Å². The number of halogens is 5. The highest BCUT2D eigenvalue weighted by molar-refractivity contribution is 6.42. The van der Waals surface area contributed by atoms with Crippen LogP contribution in [0.2, 0.25) is 10.0 Å². The van der Waals surface area contributed by atoms with Crippen LogP contribution in [0.15, 0.2) is 24.3 Å². The van der Waals surface area contributed by atoms with Gasteiger partial charge < -0.3 is 10.8 Å². The van der Waals surface area contributed by atoms with Crippen molar-refractivity contribution in [3.05, 3.63) is 39.9 Å². The predicted molar refractivity (Wildman–Crippen MR) is 65.6 cm³/mol. The molecule has 1 rings (SSSR count). The van der Waals surface area contributed by atoms with Gasteiger partial charge >= 0.3 is 6.18 Å². The van der Waals surface area contributed by atoms with E-state index in [-0.39, 0.29) is 5.02 Å². The van der Waals surface area contributed by atoms with Gasteiger partial charge in [0.05, 0.1) is 10.0 Å². The SMILES string of the molecule is NCC(O)(C=Cc1ccc(Cl)c(Cl)c1)C(F)(F)F. The van der Waals surface area contributed by atoms with Crippen LogP contribution in [0.5, 0.6) is 0 Å². The maximum atomic E-state index is 12.5. The van der Waals surface area contributed by atoms with Gasteiger partial charge in [-0.05, 0) is 23.8 Å². The molecule has 7 heteroatoms. The minimum atomic E-state index is -4.84. The smallest absolute Gasteiger partial charge is 0.376 e. The lowest BCUT2D eigenvalue weighted by molar-refractivity contribution is -0.235. The van der Waals surface area contributed by atoms with Gasteiger partial charge in [-0.15, -0.1) is 0 Å². The second kappa shape index (κ2) is 5.48. The molecule has 100 valence electrons. The summed E-state index contributed by atoms with van der Waals surface area (Å²) in [6.07, 6.45) is -3.16. The first-order valence-corrected chi connectivity index (χ1v) is 5.58. The lowest BCUT2D eigenvalue weighted by Crippen LogP contribution is -2.49. The lowest BCUT2D eigenvalue weighted by atomic mass is 10.0. The van der Waals surface area contributed by atoms with Gasteiger partial charge in [0.25, 0.3) is 0 Å². The first-order chi connectivity index (χ1) is 8.19. The first kappa shape index (κ1) is 15.3. The van der Waals surface area contributed by atoms with E-state index in [9.17, 15) is 18.3 Å². The van der Waals surface area contributed by atoms with Gasteiger partial charge in [-0.2, -0.15) is 13.2 Å². The van der Waals surface area contributed by atoms with Crippen LogP contribution < -0.4 is 5.73 Å². The Morgan fingerprint density at radius 1 is 1.22 bits per heavy atom. The number of alkyl halides is 3. The lowest BCUT2D eigenvalue weighted by Gasteiger charge is -2.25. The van der Waals surface area contributed by atoms with Crippen molar-refractivity contribution >= 4 is 29.3 Å². The highest BCUT2D eigenvalue weighted by Gasteiger charge is 2.50. The van der Waals surface area contributed by atoms with E-state index in [1.807, 2.05) is 0 Å². The van der Waals surface area contributed by atoms with Crippen molar-refractivity contribution in [1.82, 2.24) is 0 Å². The molecule has 0 saturated heterocycles. The number of hydrogen-bond donors (Lipinski definition) is 2. The largest absolute Gasteiger partial charge is 0.422 e. The van der Waals surface area contributed by atoms with E-state index in [1.54, 1.807) is 0 Å². The highest BCUT2D eigenvalue weighted by atomic mass is 35.5. The Bertz CT molecular complexity index is 462. The first-order valence-electron chi connectivity index (χ1n) is 4.83. The van der Waals surface area contributed by atoms with Gasteiger partial charge in [0.15, 0.2) is 5.60 Å². The molecule has 1 unspecified atom stereocenters. The molecule has 18 heavy (non-hydrogen) atoms. The van der Waals surface area contributed by atoms with Crippen molar-refractivity contribution in [2.75, 3.05) is 6.54 Å². The van der Waals surface area contributed by atoms with Crippen LogP contribution in [-0.2, 0) is 0 Å². The molecule has 0 radical (unpaired) electrons. The topological polar surface area (TPSA) is 46.2 Å². The maximum absolute atomic E-state index is 12.5. The second-order valence-electron chi connectivity index (χ2n) is 3.63. The number of benzene rings is 1. The number of rotatable bonds is 3. The van der Waals surface area contributed by atoms with Crippen LogP contribution in [-0.4, -0.2) is 23.4 Å². The summed E-state index contributed by atoms with van der Waals surface area (Å²) in [5.41, 5.74) is 2.26. The van der Waals surface area contributed by atoms with Crippen LogP contribution in [0, 0.1) is 0 Å².